The van der Waals surface area contributed by atoms with Gasteiger partial charge in [0.1, 0.15) is 5.82 Å². The highest BCUT2D eigenvalue weighted by molar-refractivity contribution is 7.17. The van der Waals surface area contributed by atoms with E-state index in [-0.39, 0.29) is 5.02 Å². The largest absolute Gasteiger partial charge is 0.205 e. The minimum absolute atomic E-state index is 0.101. The Labute approximate surface area is 83.0 Å². The van der Waals surface area contributed by atoms with Crippen LogP contribution in [0.3, 0.4) is 0 Å². The Morgan fingerprint density at radius 1 is 1.54 bits per heavy atom. The zero-order chi connectivity index (χ0) is 9.42. The molecule has 1 aromatic heterocycles. The molecule has 0 unspecified atom stereocenters. The molecule has 0 fully saturated rings. The van der Waals surface area contributed by atoms with Gasteiger partial charge in [-0.05, 0) is 17.5 Å². The Morgan fingerprint density at radius 3 is 3.00 bits per heavy atom. The lowest BCUT2D eigenvalue weighted by Crippen LogP contribution is -1.81. The highest BCUT2D eigenvalue weighted by Crippen LogP contribution is 2.33. The minimum atomic E-state index is -0.534. The fourth-order valence-electron chi connectivity index (χ4n) is 1.16. The van der Waals surface area contributed by atoms with E-state index in [1.165, 1.54) is 11.3 Å². The first kappa shape index (κ1) is 8.49. The topological polar surface area (TPSA) is 23.8 Å². The van der Waals surface area contributed by atoms with Crippen LogP contribution in [0, 0.1) is 17.1 Å². The van der Waals surface area contributed by atoms with Crippen molar-refractivity contribution in [2.45, 2.75) is 0 Å². The van der Waals surface area contributed by atoms with Crippen molar-refractivity contribution < 1.29 is 4.39 Å². The number of fused-ring (bicyclic) bond motifs is 1. The molecule has 0 aliphatic carbocycles. The Hall–Kier alpha value is -1.11. The molecule has 1 heterocycles. The summed E-state index contributed by atoms with van der Waals surface area (Å²) in [5.74, 6) is -0.534. The van der Waals surface area contributed by atoms with E-state index in [0.29, 0.717) is 10.3 Å². The van der Waals surface area contributed by atoms with Crippen LogP contribution in [-0.4, -0.2) is 0 Å². The maximum absolute atomic E-state index is 13.1. The Kier molecular flexibility index (Phi) is 1.95. The second kappa shape index (κ2) is 2.99. The van der Waals surface area contributed by atoms with Gasteiger partial charge in [-0.1, -0.05) is 11.6 Å². The fraction of sp³-hybridized carbons (Fsp3) is 0. The third-order valence-electron chi connectivity index (χ3n) is 1.76. The summed E-state index contributed by atoms with van der Waals surface area (Å²) in [6, 6.07) is 4.86. The van der Waals surface area contributed by atoms with Gasteiger partial charge in [-0.2, -0.15) is 5.26 Å². The molecule has 64 valence electrons. The highest BCUT2D eigenvalue weighted by atomic mass is 35.5. The van der Waals surface area contributed by atoms with E-state index in [9.17, 15) is 4.39 Å². The van der Waals surface area contributed by atoms with Gasteiger partial charge in [-0.3, -0.25) is 0 Å². The molecule has 0 radical (unpaired) electrons. The van der Waals surface area contributed by atoms with Gasteiger partial charge in [0.15, 0.2) is 0 Å². The van der Waals surface area contributed by atoms with E-state index >= 15 is 0 Å². The smallest absolute Gasteiger partial charge is 0.144 e. The van der Waals surface area contributed by atoms with Crippen LogP contribution < -0.4 is 0 Å². The molecule has 0 atom stereocenters. The quantitative estimate of drug-likeness (QED) is 0.654. The number of nitriles is 1. The number of hydrogen-bond donors (Lipinski definition) is 0. The van der Waals surface area contributed by atoms with E-state index in [1.807, 2.05) is 6.07 Å². The van der Waals surface area contributed by atoms with E-state index in [4.69, 9.17) is 16.9 Å². The van der Waals surface area contributed by atoms with Crippen molar-refractivity contribution in [1.29, 1.82) is 5.26 Å². The zero-order valence-corrected chi connectivity index (χ0v) is 7.92. The molecular formula is C9H3ClFNS. The van der Waals surface area contributed by atoms with Crippen molar-refractivity contribution in [3.63, 3.8) is 0 Å². The van der Waals surface area contributed by atoms with Crippen molar-refractivity contribution in [1.82, 2.24) is 0 Å². The molecule has 0 N–H and O–H groups in total. The van der Waals surface area contributed by atoms with Crippen LogP contribution in [-0.2, 0) is 0 Å². The summed E-state index contributed by atoms with van der Waals surface area (Å²) >= 11 is 7.06. The minimum Gasteiger partial charge on any atom is -0.205 e. The fourth-order valence-corrected chi connectivity index (χ4v) is 2.30. The van der Waals surface area contributed by atoms with Gasteiger partial charge >= 0.3 is 0 Å². The van der Waals surface area contributed by atoms with Gasteiger partial charge in [0.2, 0.25) is 0 Å². The highest BCUT2D eigenvalue weighted by Gasteiger charge is 2.10. The normalized spacial score (nSPS) is 10.2. The molecule has 0 aliphatic rings. The zero-order valence-electron chi connectivity index (χ0n) is 6.34. The van der Waals surface area contributed by atoms with Crippen LogP contribution in [0.15, 0.2) is 17.5 Å². The number of nitrogens with zero attached hydrogens (tertiary/aromatic N) is 1. The third kappa shape index (κ3) is 1.19. The number of benzene rings is 1. The van der Waals surface area contributed by atoms with Crippen molar-refractivity contribution in [3.8, 4) is 6.07 Å². The summed E-state index contributed by atoms with van der Waals surface area (Å²) in [5, 5.41) is 11.3. The number of thiophene rings is 1. The molecule has 1 aromatic carbocycles. The number of halogens is 2. The molecular weight excluding hydrogens is 209 g/mol. The van der Waals surface area contributed by atoms with E-state index in [1.54, 1.807) is 11.4 Å². The lowest BCUT2D eigenvalue weighted by Gasteiger charge is -1.97. The molecule has 2 rings (SSSR count). The Balaban J connectivity index is 2.97. The molecule has 13 heavy (non-hydrogen) atoms. The van der Waals surface area contributed by atoms with Crippen molar-refractivity contribution in [2.24, 2.45) is 0 Å². The molecule has 2 aromatic rings. The van der Waals surface area contributed by atoms with Crippen LogP contribution in [0.1, 0.15) is 5.56 Å². The predicted octanol–water partition coefficient (Wildman–Crippen LogP) is 3.57. The second-order valence-electron chi connectivity index (χ2n) is 2.50. The molecule has 0 bridgehead atoms. The average Bonchev–Trinajstić information content (AvgIpc) is 2.60. The summed E-state index contributed by atoms with van der Waals surface area (Å²) in [5.41, 5.74) is 0.332. The standard InChI is InChI=1S/C9H3ClFNS/c10-8-7(11)3-5(4-12)6-1-2-13-9(6)8/h1-3H. The van der Waals surface area contributed by atoms with Crippen LogP contribution in [0.5, 0.6) is 0 Å². The maximum Gasteiger partial charge on any atom is 0.144 e. The second-order valence-corrected chi connectivity index (χ2v) is 3.79. The number of rotatable bonds is 0. The lowest BCUT2D eigenvalue weighted by atomic mass is 10.1. The van der Waals surface area contributed by atoms with Gasteiger partial charge in [0.25, 0.3) is 0 Å². The van der Waals surface area contributed by atoms with Crippen molar-refractivity contribution in [2.75, 3.05) is 0 Å². The number of hydrogen-bond acceptors (Lipinski definition) is 2. The first-order chi connectivity index (χ1) is 6.24. The molecule has 0 aliphatic heterocycles. The first-order valence-electron chi connectivity index (χ1n) is 3.49. The van der Waals surface area contributed by atoms with E-state index in [0.717, 1.165) is 11.5 Å². The van der Waals surface area contributed by atoms with Crippen LogP contribution in [0.25, 0.3) is 10.1 Å². The van der Waals surface area contributed by atoms with Gasteiger partial charge in [0.05, 0.1) is 21.4 Å². The molecule has 0 spiro atoms. The SMILES string of the molecule is N#Cc1cc(F)c(Cl)c2sccc12. The molecule has 0 saturated heterocycles. The summed E-state index contributed by atoms with van der Waals surface area (Å²) in [6.45, 7) is 0. The lowest BCUT2D eigenvalue weighted by molar-refractivity contribution is 0.630. The van der Waals surface area contributed by atoms with Crippen LogP contribution >= 0.6 is 22.9 Å². The molecule has 0 saturated carbocycles. The van der Waals surface area contributed by atoms with Crippen molar-refractivity contribution >= 4 is 33.0 Å². The molecule has 4 heteroatoms. The van der Waals surface area contributed by atoms with E-state index < -0.39 is 5.82 Å². The summed E-state index contributed by atoms with van der Waals surface area (Å²) in [7, 11) is 0. The van der Waals surface area contributed by atoms with Crippen LogP contribution in [0.4, 0.5) is 4.39 Å². The van der Waals surface area contributed by atoms with Crippen LogP contribution in [0.2, 0.25) is 5.02 Å². The average molecular weight is 212 g/mol. The van der Waals surface area contributed by atoms with Gasteiger partial charge in [-0.25, -0.2) is 4.39 Å². The third-order valence-corrected chi connectivity index (χ3v) is 3.17. The molecule has 0 amide bonds. The monoisotopic (exact) mass is 211 g/mol. The summed E-state index contributed by atoms with van der Waals surface area (Å²) < 4.78 is 13.7. The Morgan fingerprint density at radius 2 is 2.31 bits per heavy atom. The summed E-state index contributed by atoms with van der Waals surface area (Å²) in [4.78, 5) is 0. The first-order valence-corrected chi connectivity index (χ1v) is 4.75. The van der Waals surface area contributed by atoms with E-state index in [2.05, 4.69) is 0 Å². The van der Waals surface area contributed by atoms with Crippen molar-refractivity contribution in [3.05, 3.63) is 33.9 Å². The maximum atomic E-state index is 13.1. The van der Waals surface area contributed by atoms with Gasteiger partial charge in [-0.15, -0.1) is 11.3 Å². The van der Waals surface area contributed by atoms with Gasteiger partial charge < -0.3 is 0 Å². The summed E-state index contributed by atoms with van der Waals surface area (Å²) in [6.07, 6.45) is 0. The Bertz CT molecular complexity index is 512. The predicted molar refractivity (Wildman–Crippen MR) is 51.5 cm³/mol. The van der Waals surface area contributed by atoms with Gasteiger partial charge in [0, 0.05) is 5.39 Å². The molecule has 1 nitrogen and oxygen atoms in total.